The van der Waals surface area contributed by atoms with Crippen molar-refractivity contribution in [2.75, 3.05) is 45.8 Å². The smallest absolute Gasteiger partial charge is 0.234 e. The van der Waals surface area contributed by atoms with Crippen LogP contribution in [-0.2, 0) is 4.79 Å². The van der Waals surface area contributed by atoms with Crippen LogP contribution in [-0.4, -0.2) is 61.1 Å². The Morgan fingerprint density at radius 3 is 2.67 bits per heavy atom. The van der Waals surface area contributed by atoms with Gasteiger partial charge in [-0.2, -0.15) is 0 Å². The van der Waals surface area contributed by atoms with E-state index in [1.807, 2.05) is 23.1 Å². The highest BCUT2D eigenvalue weighted by Gasteiger charge is 2.35. The number of ether oxygens (including phenoxy) is 2. The summed E-state index contributed by atoms with van der Waals surface area (Å²) in [5.74, 6) is 2.36. The average molecular weight is 464 g/mol. The van der Waals surface area contributed by atoms with Gasteiger partial charge in [0.25, 0.3) is 0 Å². The summed E-state index contributed by atoms with van der Waals surface area (Å²) in [5, 5.41) is 0.0826. The first-order valence-electron chi connectivity index (χ1n) is 8.20. The summed E-state index contributed by atoms with van der Waals surface area (Å²) in [6, 6.07) is 6.00. The minimum Gasteiger partial charge on any atom is -1.00 e. The van der Waals surface area contributed by atoms with Gasteiger partial charge in [0.05, 0.1) is 39.0 Å². The fraction of sp³-hybridized carbons (Fsp3) is 0.588. The van der Waals surface area contributed by atoms with Crippen LogP contribution < -0.4 is 33.5 Å². The molecule has 1 amide bonds. The topological polar surface area (TPSA) is 38.8 Å². The Morgan fingerprint density at radius 1 is 1.25 bits per heavy atom. The quantitative estimate of drug-likeness (QED) is 0.420. The molecule has 0 bridgehead atoms. The van der Waals surface area contributed by atoms with Gasteiger partial charge in [0.15, 0.2) is 11.5 Å². The van der Waals surface area contributed by atoms with Crippen molar-refractivity contribution in [3.05, 3.63) is 23.8 Å². The van der Waals surface area contributed by atoms with E-state index in [4.69, 9.17) is 9.47 Å². The van der Waals surface area contributed by atoms with Gasteiger partial charge in [-0.25, -0.2) is 0 Å². The molecule has 2 aliphatic heterocycles. The number of halogens is 1. The summed E-state index contributed by atoms with van der Waals surface area (Å²) in [4.78, 5) is 14.3. The maximum atomic E-state index is 12.3. The van der Waals surface area contributed by atoms with E-state index in [9.17, 15) is 4.79 Å². The fourth-order valence-corrected chi connectivity index (χ4v) is 4.14. The van der Waals surface area contributed by atoms with E-state index < -0.39 is 0 Å². The second kappa shape index (κ2) is 8.14. The third-order valence-electron chi connectivity index (χ3n) is 5.06. The highest BCUT2D eigenvalue weighted by atomic mass is 127. The molecule has 0 aromatic heterocycles. The Balaban J connectivity index is 0.00000208. The van der Waals surface area contributed by atoms with E-state index in [0.29, 0.717) is 5.75 Å². The lowest BCUT2D eigenvalue weighted by Gasteiger charge is -2.35. The average Bonchev–Trinajstić information content (AvgIpc) is 3.18. The third-order valence-corrected chi connectivity index (χ3v) is 6.31. The molecule has 0 spiro atoms. The second-order valence-corrected chi connectivity index (χ2v) is 7.41. The molecule has 2 aliphatic rings. The van der Waals surface area contributed by atoms with E-state index in [0.717, 1.165) is 47.7 Å². The van der Waals surface area contributed by atoms with Crippen molar-refractivity contribution in [2.45, 2.75) is 19.2 Å². The van der Waals surface area contributed by atoms with Gasteiger partial charge in [0, 0.05) is 0 Å². The third kappa shape index (κ3) is 3.94. The first-order valence-corrected chi connectivity index (χ1v) is 9.25. The van der Waals surface area contributed by atoms with Crippen molar-refractivity contribution < 1.29 is 42.7 Å². The van der Waals surface area contributed by atoms with Crippen LogP contribution in [0.3, 0.4) is 0 Å². The van der Waals surface area contributed by atoms with Crippen LogP contribution in [0.4, 0.5) is 0 Å². The van der Waals surface area contributed by atoms with Crippen LogP contribution in [0.2, 0.25) is 0 Å². The van der Waals surface area contributed by atoms with Crippen molar-refractivity contribution in [1.82, 2.24) is 4.90 Å². The Labute approximate surface area is 165 Å². The van der Waals surface area contributed by atoms with Crippen LogP contribution >= 0.6 is 11.8 Å². The van der Waals surface area contributed by atoms with Crippen molar-refractivity contribution in [1.29, 1.82) is 0 Å². The van der Waals surface area contributed by atoms with Gasteiger partial charge < -0.3 is 42.8 Å². The molecule has 0 radical (unpaired) electrons. The van der Waals surface area contributed by atoms with Gasteiger partial charge in [-0.1, -0.05) is 6.07 Å². The molecule has 3 rings (SSSR count). The Hall–Kier alpha value is -0.670. The number of benzene rings is 1. The molecular weight excluding hydrogens is 439 g/mol. The number of likely N-dealkylation sites (N-methyl/N-ethyl adjacent to an activating group) is 1. The van der Waals surface area contributed by atoms with Gasteiger partial charge in [-0.05, 0) is 31.5 Å². The lowest BCUT2D eigenvalue weighted by molar-refractivity contribution is -0.905. The Bertz CT molecular complexity index is 595. The summed E-state index contributed by atoms with van der Waals surface area (Å²) in [7, 11) is 2.25. The number of carbonyl (C=O) groups is 1. The summed E-state index contributed by atoms with van der Waals surface area (Å²) in [6.45, 7) is 8.64. The molecule has 24 heavy (non-hydrogen) atoms. The zero-order valence-electron chi connectivity index (χ0n) is 14.5. The highest BCUT2D eigenvalue weighted by Crippen LogP contribution is 2.42. The molecule has 134 valence electrons. The fourth-order valence-electron chi connectivity index (χ4n) is 2.93. The van der Waals surface area contributed by atoms with Crippen LogP contribution in [0.25, 0.3) is 0 Å². The largest absolute Gasteiger partial charge is 1.00 e. The highest BCUT2D eigenvalue weighted by molar-refractivity contribution is 8.00. The molecule has 1 atom stereocenters. The van der Waals surface area contributed by atoms with Gasteiger partial charge in [-0.15, -0.1) is 11.8 Å². The normalized spacial score (nSPS) is 19.5. The summed E-state index contributed by atoms with van der Waals surface area (Å²) < 4.78 is 11.8. The molecule has 2 heterocycles. The van der Waals surface area contributed by atoms with Crippen LogP contribution in [0.5, 0.6) is 11.5 Å². The second-order valence-electron chi connectivity index (χ2n) is 6.34. The van der Waals surface area contributed by atoms with Crippen molar-refractivity contribution in [3.63, 3.8) is 0 Å². The minimum absolute atomic E-state index is 0. The number of quaternary nitrogens is 1. The molecule has 7 heteroatoms. The summed E-state index contributed by atoms with van der Waals surface area (Å²) in [5.41, 5.74) is 1.12. The number of fused-ring (bicyclic) bond motifs is 1. The maximum Gasteiger partial charge on any atom is 0.234 e. The first-order chi connectivity index (χ1) is 11.1. The number of thioether (sulfide) groups is 1. The van der Waals surface area contributed by atoms with Gasteiger partial charge in [-0.3, -0.25) is 4.79 Å². The predicted molar refractivity (Wildman–Crippen MR) is 91.6 cm³/mol. The zero-order chi connectivity index (χ0) is 16.4. The van der Waals surface area contributed by atoms with E-state index in [1.165, 1.54) is 0 Å². The minimum atomic E-state index is 0. The number of carbonyl (C=O) groups excluding carboxylic acids is 1. The van der Waals surface area contributed by atoms with Crippen molar-refractivity contribution >= 4 is 17.7 Å². The van der Waals surface area contributed by atoms with Crippen molar-refractivity contribution in [2.24, 2.45) is 0 Å². The van der Waals surface area contributed by atoms with E-state index >= 15 is 0 Å². The van der Waals surface area contributed by atoms with E-state index in [2.05, 4.69) is 20.9 Å². The molecular formula is C17H25IN2O3S. The summed E-state index contributed by atoms with van der Waals surface area (Å²) in [6.07, 6.45) is 0. The first kappa shape index (κ1) is 19.7. The Kier molecular flexibility index (Phi) is 6.66. The lowest BCUT2D eigenvalue weighted by Crippen LogP contribution is -3.00. The zero-order valence-corrected chi connectivity index (χ0v) is 17.4. The number of rotatable bonds is 6. The molecule has 0 saturated carbocycles. The van der Waals surface area contributed by atoms with Gasteiger partial charge >= 0.3 is 0 Å². The van der Waals surface area contributed by atoms with Crippen LogP contribution in [0.15, 0.2) is 18.2 Å². The number of hydrogen-bond donors (Lipinski definition) is 0. The molecule has 0 N–H and O–H groups in total. The molecule has 1 fully saturated rings. The van der Waals surface area contributed by atoms with E-state index in [1.54, 1.807) is 11.8 Å². The monoisotopic (exact) mass is 464 g/mol. The molecule has 1 unspecified atom stereocenters. The standard InChI is InChI=1S/C17H25N2O3S.HI/c1-4-19(3,5-2)9-8-18-16(20)11-23-17(18)13-6-7-14-15(10-13)22-12-21-14;/h6-7,10,17H,4-5,8-9,11-12H2,1-3H3;1H/q+1;/p-1. The Morgan fingerprint density at radius 2 is 1.96 bits per heavy atom. The maximum absolute atomic E-state index is 12.3. The predicted octanol–water partition coefficient (Wildman–Crippen LogP) is -0.520. The van der Waals surface area contributed by atoms with E-state index in [-0.39, 0.29) is 42.1 Å². The summed E-state index contributed by atoms with van der Waals surface area (Å²) >= 11 is 1.70. The van der Waals surface area contributed by atoms with Crippen LogP contribution in [0.1, 0.15) is 24.8 Å². The molecule has 1 aromatic rings. The van der Waals surface area contributed by atoms with Crippen LogP contribution in [0, 0.1) is 0 Å². The molecule has 1 saturated heterocycles. The lowest BCUT2D eigenvalue weighted by atomic mass is 10.2. The number of nitrogens with zero attached hydrogens (tertiary/aromatic N) is 2. The number of amides is 1. The SMILES string of the molecule is CC[N+](C)(CC)CCN1C(=O)CSC1c1ccc2c(c1)OCO2.[I-]. The molecule has 0 aliphatic carbocycles. The molecule has 5 nitrogen and oxygen atoms in total. The van der Waals surface area contributed by atoms with Crippen molar-refractivity contribution in [3.8, 4) is 11.5 Å². The van der Waals surface area contributed by atoms with Gasteiger partial charge in [0.2, 0.25) is 12.7 Å². The van der Waals surface area contributed by atoms with Gasteiger partial charge in [0.1, 0.15) is 5.37 Å². The number of hydrogen-bond acceptors (Lipinski definition) is 4. The molecule has 1 aromatic carbocycles.